The molecule has 0 aromatic heterocycles. The number of hydrogen-bond acceptors (Lipinski definition) is 2. The first-order valence-corrected chi connectivity index (χ1v) is 13.2. The molecule has 5 aliphatic rings. The monoisotopic (exact) mass is 446 g/mol. The van der Waals surface area contributed by atoms with Gasteiger partial charge < -0.3 is 10.2 Å². The van der Waals surface area contributed by atoms with Gasteiger partial charge in [0.05, 0.1) is 0 Å². The minimum atomic E-state index is -0.594. The number of piperidine rings is 1. The fourth-order valence-corrected chi connectivity index (χ4v) is 8.35. The Morgan fingerprint density at radius 2 is 1.85 bits per heavy atom. The van der Waals surface area contributed by atoms with Crippen LogP contribution in [0.5, 0.6) is 0 Å². The third kappa shape index (κ3) is 3.23. The summed E-state index contributed by atoms with van der Waals surface area (Å²) in [6, 6.07) is 8.16. The Bertz CT molecular complexity index is 1030. The van der Waals surface area contributed by atoms with E-state index in [1.807, 2.05) is 31.2 Å². The Kier molecular flexibility index (Phi) is 4.84. The first-order chi connectivity index (χ1) is 15.8. The third-order valence-electron chi connectivity index (χ3n) is 10.3. The average molecular weight is 447 g/mol. The molecule has 1 saturated heterocycles. The number of hydrogen-bond donors (Lipinski definition) is 1. The fraction of sp³-hybridized carbons (Fsp3) is 0.655. The molecule has 6 rings (SSSR count). The minimum Gasteiger partial charge on any atom is -0.325 e. The number of carbonyl (C=O) groups is 2. The summed E-state index contributed by atoms with van der Waals surface area (Å²) in [4.78, 5) is 29.4. The molecule has 1 aliphatic heterocycles. The first kappa shape index (κ1) is 21.4. The molecule has 0 spiro atoms. The van der Waals surface area contributed by atoms with Gasteiger partial charge in [0.2, 0.25) is 11.8 Å². The van der Waals surface area contributed by atoms with E-state index >= 15 is 0 Å². The topological polar surface area (TPSA) is 49.4 Å². The van der Waals surface area contributed by atoms with Crippen molar-refractivity contribution in [2.24, 2.45) is 34.5 Å². The number of nitrogens with one attached hydrogen (secondary N) is 1. The van der Waals surface area contributed by atoms with Gasteiger partial charge in [-0.2, -0.15) is 0 Å². The molecule has 6 atom stereocenters. The molecular weight excluding hydrogens is 408 g/mol. The second-order valence-corrected chi connectivity index (χ2v) is 12.2. The summed E-state index contributed by atoms with van der Waals surface area (Å²) in [7, 11) is 0. The minimum absolute atomic E-state index is 0.0345. The molecule has 1 aromatic rings. The van der Waals surface area contributed by atoms with Crippen LogP contribution >= 0.6 is 0 Å². The summed E-state index contributed by atoms with van der Waals surface area (Å²) in [5.74, 6) is 1.40. The molecule has 0 radical (unpaired) electrons. The Balaban J connectivity index is 1.35. The van der Waals surface area contributed by atoms with E-state index in [0.717, 1.165) is 36.4 Å². The van der Waals surface area contributed by atoms with E-state index in [9.17, 15) is 9.59 Å². The highest BCUT2D eigenvalue weighted by Crippen LogP contribution is 2.65. The predicted octanol–water partition coefficient (Wildman–Crippen LogP) is 6.07. The van der Waals surface area contributed by atoms with Gasteiger partial charge in [-0.05, 0) is 93.1 Å². The van der Waals surface area contributed by atoms with Crippen LogP contribution in [0, 0.1) is 41.4 Å². The second kappa shape index (κ2) is 7.45. The van der Waals surface area contributed by atoms with E-state index in [-0.39, 0.29) is 17.2 Å². The highest BCUT2D eigenvalue weighted by molar-refractivity contribution is 6.08. The third-order valence-corrected chi connectivity index (χ3v) is 10.3. The Morgan fingerprint density at radius 1 is 1.06 bits per heavy atom. The number of fused-ring (bicyclic) bond motifs is 5. The zero-order chi connectivity index (χ0) is 23.0. The molecule has 4 heteroatoms. The van der Waals surface area contributed by atoms with E-state index in [1.54, 1.807) is 0 Å². The summed E-state index contributed by atoms with van der Waals surface area (Å²) in [5.41, 5.74) is 3.53. The summed E-state index contributed by atoms with van der Waals surface area (Å²) < 4.78 is 0. The van der Waals surface area contributed by atoms with Crippen molar-refractivity contribution in [2.75, 3.05) is 5.32 Å². The zero-order valence-electron chi connectivity index (χ0n) is 20.4. The van der Waals surface area contributed by atoms with Gasteiger partial charge in [-0.25, -0.2) is 0 Å². The molecule has 33 heavy (non-hydrogen) atoms. The van der Waals surface area contributed by atoms with Crippen LogP contribution in [-0.4, -0.2) is 22.8 Å². The van der Waals surface area contributed by atoms with Crippen LogP contribution in [0.25, 0.3) is 0 Å². The van der Waals surface area contributed by atoms with Crippen LogP contribution in [-0.2, 0) is 9.59 Å². The van der Waals surface area contributed by atoms with Gasteiger partial charge in [0.1, 0.15) is 5.92 Å². The molecule has 176 valence electrons. The number of likely N-dealkylation sites (tertiary alicyclic amines) is 1. The van der Waals surface area contributed by atoms with E-state index < -0.39 is 5.92 Å². The number of anilines is 1. The largest absolute Gasteiger partial charge is 0.325 e. The fourth-order valence-electron chi connectivity index (χ4n) is 8.35. The number of allylic oxidation sites excluding steroid dienone is 2. The zero-order valence-corrected chi connectivity index (χ0v) is 20.4. The van der Waals surface area contributed by atoms with Crippen molar-refractivity contribution in [1.29, 1.82) is 0 Å². The van der Waals surface area contributed by atoms with E-state index in [4.69, 9.17) is 0 Å². The van der Waals surface area contributed by atoms with Crippen LogP contribution in [0.1, 0.15) is 77.2 Å². The second-order valence-electron chi connectivity index (χ2n) is 12.2. The van der Waals surface area contributed by atoms with E-state index in [2.05, 4.69) is 30.1 Å². The van der Waals surface area contributed by atoms with Gasteiger partial charge in [0, 0.05) is 22.8 Å². The van der Waals surface area contributed by atoms with Gasteiger partial charge in [0.15, 0.2) is 0 Å². The van der Waals surface area contributed by atoms with Crippen LogP contribution in [0.15, 0.2) is 36.0 Å². The highest BCUT2D eigenvalue weighted by atomic mass is 16.2. The lowest BCUT2D eigenvalue weighted by atomic mass is 9.49. The van der Waals surface area contributed by atoms with Gasteiger partial charge >= 0.3 is 0 Å². The quantitative estimate of drug-likeness (QED) is 0.573. The Morgan fingerprint density at radius 3 is 2.61 bits per heavy atom. The number of aryl methyl sites for hydroxylation is 1. The van der Waals surface area contributed by atoms with Crippen LogP contribution < -0.4 is 5.32 Å². The number of rotatable bonds is 3. The standard InChI is InChI=1S/C29H38N2O2/c1-18-7-4-5-9-24(18)30-26(32)21-17-29(3)23-14-16-28(2)15-6-8-22(28)20(23)12-13-25(29)31(27(21)33)19-10-11-19/h4-5,7,9,13,19-23H,6,8,10-12,14-17H2,1-3H3,(H,30,32)/t20-,21?,22-,23+,28-,29+/m0/s1. The molecule has 4 nitrogen and oxygen atoms in total. The van der Waals surface area contributed by atoms with Crippen molar-refractivity contribution in [3.63, 3.8) is 0 Å². The molecule has 4 fully saturated rings. The molecule has 1 heterocycles. The normalized spacial score (nSPS) is 39.9. The van der Waals surface area contributed by atoms with E-state index in [1.165, 1.54) is 37.8 Å². The van der Waals surface area contributed by atoms with Gasteiger partial charge in [-0.3, -0.25) is 9.59 Å². The number of carbonyl (C=O) groups excluding carboxylic acids is 2. The van der Waals surface area contributed by atoms with Crippen molar-refractivity contribution in [2.45, 2.75) is 84.6 Å². The summed E-state index contributed by atoms with van der Waals surface area (Å²) in [5, 5.41) is 3.11. The van der Waals surface area contributed by atoms with Crippen LogP contribution in [0.2, 0.25) is 0 Å². The average Bonchev–Trinajstić information content (AvgIpc) is 3.54. The lowest BCUT2D eigenvalue weighted by Gasteiger charge is -2.59. The maximum Gasteiger partial charge on any atom is 0.239 e. The maximum absolute atomic E-state index is 13.7. The molecule has 1 aromatic carbocycles. The lowest BCUT2D eigenvalue weighted by Crippen LogP contribution is -2.58. The van der Waals surface area contributed by atoms with Gasteiger partial charge in [-0.15, -0.1) is 0 Å². The Labute approximate surface area is 198 Å². The number of para-hydroxylation sites is 1. The van der Waals surface area contributed by atoms with E-state index in [0.29, 0.717) is 29.7 Å². The van der Waals surface area contributed by atoms with Crippen molar-refractivity contribution in [3.05, 3.63) is 41.6 Å². The van der Waals surface area contributed by atoms with Crippen molar-refractivity contribution in [3.8, 4) is 0 Å². The van der Waals surface area contributed by atoms with Crippen molar-refractivity contribution < 1.29 is 9.59 Å². The molecular formula is C29H38N2O2. The first-order valence-electron chi connectivity index (χ1n) is 13.2. The van der Waals surface area contributed by atoms with Crippen LogP contribution in [0.4, 0.5) is 5.69 Å². The van der Waals surface area contributed by atoms with Gasteiger partial charge in [0.25, 0.3) is 0 Å². The molecule has 1 unspecified atom stereocenters. The molecule has 4 aliphatic carbocycles. The smallest absolute Gasteiger partial charge is 0.239 e. The van der Waals surface area contributed by atoms with Gasteiger partial charge in [-0.1, -0.05) is 44.5 Å². The van der Waals surface area contributed by atoms with Crippen molar-refractivity contribution >= 4 is 17.5 Å². The summed E-state index contributed by atoms with van der Waals surface area (Å²) in [6.07, 6.45) is 13.0. The molecule has 0 bridgehead atoms. The SMILES string of the molecule is Cc1ccccc1NC(=O)C1C[C@@]2(C)C(=CC[C@@H]3[C@H]2CC[C@]2(C)CCC[C@@H]32)N(C2CC2)C1=O. The number of nitrogens with zero attached hydrogens (tertiary/aromatic N) is 1. The molecule has 2 amide bonds. The molecule has 1 N–H and O–H groups in total. The number of benzene rings is 1. The molecule has 3 saturated carbocycles. The lowest BCUT2D eigenvalue weighted by molar-refractivity contribution is -0.149. The maximum atomic E-state index is 13.7. The van der Waals surface area contributed by atoms with Crippen molar-refractivity contribution in [1.82, 2.24) is 4.90 Å². The predicted molar refractivity (Wildman–Crippen MR) is 130 cm³/mol. The highest BCUT2D eigenvalue weighted by Gasteiger charge is 2.60. The number of amides is 2. The van der Waals surface area contributed by atoms with Crippen LogP contribution in [0.3, 0.4) is 0 Å². The Hall–Kier alpha value is -2.10. The summed E-state index contributed by atoms with van der Waals surface area (Å²) in [6.45, 7) is 6.92. The summed E-state index contributed by atoms with van der Waals surface area (Å²) >= 11 is 0.